The Morgan fingerprint density at radius 3 is 2.60 bits per heavy atom. The predicted molar refractivity (Wildman–Crippen MR) is 48.5 cm³/mol. The molecule has 1 aliphatic rings. The molecule has 0 aromatic heterocycles. The summed E-state index contributed by atoms with van der Waals surface area (Å²) in [6, 6.07) is 0.799. The molecule has 0 aromatic carbocycles. The Labute approximate surface area is 68.0 Å². The van der Waals surface area contributed by atoms with E-state index in [0.29, 0.717) is 0 Å². The van der Waals surface area contributed by atoms with E-state index in [1.807, 2.05) is 0 Å². The van der Waals surface area contributed by atoms with Gasteiger partial charge in [-0.25, -0.2) is 0 Å². The van der Waals surface area contributed by atoms with Gasteiger partial charge >= 0.3 is 0 Å². The first-order valence-corrected chi connectivity index (χ1v) is 5.07. The van der Waals surface area contributed by atoms with E-state index in [2.05, 4.69) is 38.0 Å². The highest BCUT2D eigenvalue weighted by molar-refractivity contribution is 8.01. The van der Waals surface area contributed by atoms with Gasteiger partial charge in [-0.3, -0.25) is 0 Å². The molecular weight excluding hydrogens is 142 g/mol. The van der Waals surface area contributed by atoms with Crippen molar-refractivity contribution in [3.8, 4) is 0 Å². The van der Waals surface area contributed by atoms with Crippen LogP contribution in [0.3, 0.4) is 0 Å². The van der Waals surface area contributed by atoms with Crippen LogP contribution in [0.25, 0.3) is 0 Å². The zero-order valence-electron chi connectivity index (χ0n) is 7.05. The largest absolute Gasteiger partial charge is 0.315 e. The van der Waals surface area contributed by atoms with Gasteiger partial charge in [0.05, 0.1) is 0 Å². The number of hydrogen-bond donors (Lipinski definition) is 1. The molecule has 1 fully saturated rings. The van der Waals surface area contributed by atoms with Gasteiger partial charge in [0.1, 0.15) is 0 Å². The molecule has 2 heteroatoms. The summed E-state index contributed by atoms with van der Waals surface area (Å²) in [5.41, 5.74) is 0. The Bertz CT molecular complexity index is 101. The molecular formula is C8H17NS. The van der Waals surface area contributed by atoms with Crippen LogP contribution < -0.4 is 5.32 Å². The van der Waals surface area contributed by atoms with E-state index in [9.17, 15) is 0 Å². The zero-order valence-corrected chi connectivity index (χ0v) is 7.87. The highest BCUT2D eigenvalue weighted by Gasteiger charge is 2.30. The second-order valence-electron chi connectivity index (χ2n) is 3.40. The standard InChI is InChI=1S/C8H17NS/c1-6(2)4-8-7(9-3)5-10-8/h6-9H,4-5H2,1-3H3. The molecule has 1 saturated heterocycles. The normalized spacial score (nSPS) is 32.4. The molecule has 1 N–H and O–H groups in total. The molecule has 1 rings (SSSR count). The van der Waals surface area contributed by atoms with Gasteiger partial charge in [-0.05, 0) is 19.4 Å². The van der Waals surface area contributed by atoms with Gasteiger partial charge in [-0.2, -0.15) is 11.8 Å². The lowest BCUT2D eigenvalue weighted by Gasteiger charge is -2.36. The van der Waals surface area contributed by atoms with E-state index < -0.39 is 0 Å². The van der Waals surface area contributed by atoms with Crippen LogP contribution in [0.4, 0.5) is 0 Å². The third-order valence-corrected chi connectivity index (χ3v) is 3.51. The highest BCUT2D eigenvalue weighted by Crippen LogP contribution is 2.32. The maximum Gasteiger partial charge on any atom is 0.0274 e. The third-order valence-electron chi connectivity index (χ3n) is 2.01. The molecule has 0 bridgehead atoms. The lowest BCUT2D eigenvalue weighted by Crippen LogP contribution is -2.46. The number of nitrogens with one attached hydrogen (secondary N) is 1. The van der Waals surface area contributed by atoms with Crippen molar-refractivity contribution < 1.29 is 0 Å². The SMILES string of the molecule is CNC1CSC1CC(C)C. The first kappa shape index (κ1) is 8.41. The number of hydrogen-bond acceptors (Lipinski definition) is 2. The van der Waals surface area contributed by atoms with Crippen LogP contribution in [-0.2, 0) is 0 Å². The van der Waals surface area contributed by atoms with Crippen LogP contribution in [0.1, 0.15) is 20.3 Å². The van der Waals surface area contributed by atoms with Gasteiger partial charge in [0.15, 0.2) is 0 Å². The average Bonchev–Trinajstić information content (AvgIpc) is 1.82. The summed E-state index contributed by atoms with van der Waals surface area (Å²) in [6.45, 7) is 4.59. The monoisotopic (exact) mass is 159 g/mol. The first-order chi connectivity index (χ1) is 4.74. The Morgan fingerprint density at radius 2 is 2.30 bits per heavy atom. The topological polar surface area (TPSA) is 12.0 Å². The maximum atomic E-state index is 3.34. The lowest BCUT2D eigenvalue weighted by molar-refractivity contribution is 0.470. The van der Waals surface area contributed by atoms with Crippen LogP contribution in [0.15, 0.2) is 0 Å². The summed E-state index contributed by atoms with van der Waals surface area (Å²) in [4.78, 5) is 0. The van der Waals surface area contributed by atoms with Crippen molar-refractivity contribution in [1.82, 2.24) is 5.32 Å². The van der Waals surface area contributed by atoms with Crippen LogP contribution in [0.5, 0.6) is 0 Å². The minimum Gasteiger partial charge on any atom is -0.315 e. The molecule has 0 amide bonds. The lowest BCUT2D eigenvalue weighted by atomic mass is 10.0. The molecule has 2 unspecified atom stereocenters. The molecule has 1 nitrogen and oxygen atoms in total. The van der Waals surface area contributed by atoms with Crippen molar-refractivity contribution >= 4 is 11.8 Å². The Hall–Kier alpha value is 0.310. The molecule has 0 radical (unpaired) electrons. The molecule has 60 valence electrons. The van der Waals surface area contributed by atoms with Gasteiger partial charge in [-0.1, -0.05) is 13.8 Å². The summed E-state index contributed by atoms with van der Waals surface area (Å²) < 4.78 is 0. The quantitative estimate of drug-likeness (QED) is 0.673. The zero-order chi connectivity index (χ0) is 7.56. The van der Waals surface area contributed by atoms with Gasteiger partial charge in [0, 0.05) is 17.0 Å². The van der Waals surface area contributed by atoms with E-state index >= 15 is 0 Å². The fourth-order valence-corrected chi connectivity index (χ4v) is 2.78. The average molecular weight is 159 g/mol. The molecule has 0 aliphatic carbocycles. The smallest absolute Gasteiger partial charge is 0.0274 e. The Morgan fingerprint density at radius 1 is 1.60 bits per heavy atom. The summed E-state index contributed by atoms with van der Waals surface area (Å²) in [6.07, 6.45) is 1.37. The maximum absolute atomic E-state index is 3.34. The van der Waals surface area contributed by atoms with Crippen molar-refractivity contribution in [2.45, 2.75) is 31.6 Å². The molecule has 1 aliphatic heterocycles. The van der Waals surface area contributed by atoms with Gasteiger partial charge in [0.25, 0.3) is 0 Å². The van der Waals surface area contributed by atoms with Crippen LogP contribution in [0, 0.1) is 5.92 Å². The van der Waals surface area contributed by atoms with E-state index in [-0.39, 0.29) is 0 Å². The second-order valence-corrected chi connectivity index (χ2v) is 4.67. The molecule has 2 atom stereocenters. The van der Waals surface area contributed by atoms with E-state index in [0.717, 1.165) is 17.2 Å². The molecule has 0 aromatic rings. The summed E-state index contributed by atoms with van der Waals surface area (Å²) >= 11 is 2.10. The minimum absolute atomic E-state index is 0.799. The van der Waals surface area contributed by atoms with Crippen molar-refractivity contribution in [3.05, 3.63) is 0 Å². The highest BCUT2D eigenvalue weighted by atomic mass is 32.2. The van der Waals surface area contributed by atoms with Crippen molar-refractivity contribution in [2.24, 2.45) is 5.92 Å². The minimum atomic E-state index is 0.799. The number of rotatable bonds is 3. The van der Waals surface area contributed by atoms with Gasteiger partial charge in [-0.15, -0.1) is 0 Å². The third kappa shape index (κ3) is 1.89. The fraction of sp³-hybridized carbons (Fsp3) is 1.00. The Kier molecular flexibility index (Phi) is 3.05. The van der Waals surface area contributed by atoms with Gasteiger partial charge in [0.2, 0.25) is 0 Å². The fourth-order valence-electron chi connectivity index (χ4n) is 1.29. The summed E-state index contributed by atoms with van der Waals surface area (Å²) in [5.74, 6) is 2.17. The second kappa shape index (κ2) is 3.63. The first-order valence-electron chi connectivity index (χ1n) is 4.03. The van der Waals surface area contributed by atoms with Crippen molar-refractivity contribution in [1.29, 1.82) is 0 Å². The van der Waals surface area contributed by atoms with Crippen LogP contribution in [-0.4, -0.2) is 24.1 Å². The van der Waals surface area contributed by atoms with Crippen molar-refractivity contribution in [2.75, 3.05) is 12.8 Å². The number of thioether (sulfide) groups is 1. The van der Waals surface area contributed by atoms with E-state index in [1.54, 1.807) is 0 Å². The molecule has 10 heavy (non-hydrogen) atoms. The van der Waals surface area contributed by atoms with Crippen LogP contribution in [0.2, 0.25) is 0 Å². The van der Waals surface area contributed by atoms with Crippen molar-refractivity contribution in [3.63, 3.8) is 0 Å². The molecule has 0 spiro atoms. The van der Waals surface area contributed by atoms with Gasteiger partial charge < -0.3 is 5.32 Å². The summed E-state index contributed by atoms with van der Waals surface area (Å²) in [5, 5.41) is 4.23. The molecule has 0 saturated carbocycles. The van der Waals surface area contributed by atoms with E-state index in [1.165, 1.54) is 12.2 Å². The molecule has 1 heterocycles. The summed E-state index contributed by atoms with van der Waals surface area (Å²) in [7, 11) is 2.07. The van der Waals surface area contributed by atoms with E-state index in [4.69, 9.17) is 0 Å². The predicted octanol–water partition coefficient (Wildman–Crippen LogP) is 1.74. The van der Waals surface area contributed by atoms with Crippen LogP contribution >= 0.6 is 11.8 Å². The Balaban J connectivity index is 2.16.